The number of carbonyl (C=O) groups excluding carboxylic acids is 1. The number of hydrogen-bond donors (Lipinski definition) is 1. The molecule has 0 unspecified atom stereocenters. The molecule has 1 aliphatic heterocycles. The van der Waals surface area contributed by atoms with Crippen LogP contribution in [0.25, 0.3) is 0 Å². The average Bonchev–Trinajstić information content (AvgIpc) is 3.27. The molecule has 1 amide bonds. The lowest BCUT2D eigenvalue weighted by atomic mass is 10.2. The number of rotatable bonds is 5. The van der Waals surface area contributed by atoms with Gasteiger partial charge in [-0.25, -0.2) is 9.97 Å². The first kappa shape index (κ1) is 18.5. The van der Waals surface area contributed by atoms with E-state index in [0.29, 0.717) is 30.6 Å². The van der Waals surface area contributed by atoms with E-state index >= 15 is 0 Å². The number of nitrogens with one attached hydrogen (secondary N) is 1. The van der Waals surface area contributed by atoms with Crippen LogP contribution in [0.4, 0.5) is 11.6 Å². The van der Waals surface area contributed by atoms with Crippen molar-refractivity contribution >= 4 is 17.5 Å². The van der Waals surface area contributed by atoms with E-state index in [0.717, 1.165) is 24.5 Å². The van der Waals surface area contributed by atoms with Crippen LogP contribution in [0.3, 0.4) is 0 Å². The molecule has 2 fully saturated rings. The molecule has 7 nitrogen and oxygen atoms in total. The summed E-state index contributed by atoms with van der Waals surface area (Å²) in [5.41, 5.74) is 1.70. The summed E-state index contributed by atoms with van der Waals surface area (Å²) >= 11 is 0. The van der Waals surface area contributed by atoms with Crippen molar-refractivity contribution in [2.24, 2.45) is 0 Å². The number of carbonyl (C=O) groups is 1. The van der Waals surface area contributed by atoms with Gasteiger partial charge < -0.3 is 19.9 Å². The van der Waals surface area contributed by atoms with E-state index in [-0.39, 0.29) is 5.91 Å². The minimum absolute atomic E-state index is 0.00166. The van der Waals surface area contributed by atoms with Crippen LogP contribution in [0.2, 0.25) is 0 Å². The van der Waals surface area contributed by atoms with Gasteiger partial charge in [-0.05, 0) is 37.1 Å². The third-order valence-electron chi connectivity index (χ3n) is 5.59. The van der Waals surface area contributed by atoms with E-state index < -0.39 is 0 Å². The minimum atomic E-state index is 0.00166. The lowest BCUT2D eigenvalue weighted by Gasteiger charge is -2.36. The number of piperazine rings is 1. The third-order valence-corrected chi connectivity index (χ3v) is 5.59. The van der Waals surface area contributed by atoms with Crippen molar-refractivity contribution in [1.82, 2.24) is 14.9 Å². The Kier molecular flexibility index (Phi) is 5.60. The van der Waals surface area contributed by atoms with Crippen molar-refractivity contribution in [3.63, 3.8) is 0 Å². The normalized spacial score (nSPS) is 17.6. The zero-order chi connectivity index (χ0) is 19.3. The Bertz CT molecular complexity index is 779. The van der Waals surface area contributed by atoms with Gasteiger partial charge in [-0.1, -0.05) is 12.8 Å². The van der Waals surface area contributed by atoms with Crippen LogP contribution in [-0.2, 0) is 0 Å². The lowest BCUT2D eigenvalue weighted by molar-refractivity contribution is 0.0746. The van der Waals surface area contributed by atoms with Gasteiger partial charge in [0.25, 0.3) is 5.91 Å². The summed E-state index contributed by atoms with van der Waals surface area (Å²) in [5.74, 6) is 1.47. The Morgan fingerprint density at radius 2 is 1.68 bits per heavy atom. The van der Waals surface area contributed by atoms with Crippen LogP contribution in [0.5, 0.6) is 5.75 Å². The van der Waals surface area contributed by atoms with Crippen LogP contribution in [0, 0.1) is 0 Å². The Morgan fingerprint density at radius 1 is 1.04 bits per heavy atom. The fourth-order valence-corrected chi connectivity index (χ4v) is 3.91. The first-order valence-electron chi connectivity index (χ1n) is 10.00. The van der Waals surface area contributed by atoms with E-state index in [9.17, 15) is 4.79 Å². The Hall–Kier alpha value is -2.83. The molecule has 1 aliphatic carbocycles. The number of benzene rings is 1. The maximum absolute atomic E-state index is 12.8. The van der Waals surface area contributed by atoms with Crippen molar-refractivity contribution in [3.05, 3.63) is 42.2 Å². The molecule has 28 heavy (non-hydrogen) atoms. The molecule has 1 aromatic heterocycles. The number of hydrogen-bond acceptors (Lipinski definition) is 6. The van der Waals surface area contributed by atoms with Gasteiger partial charge in [0.1, 0.15) is 5.75 Å². The third kappa shape index (κ3) is 4.18. The van der Waals surface area contributed by atoms with Crippen molar-refractivity contribution in [2.75, 3.05) is 43.5 Å². The van der Waals surface area contributed by atoms with Gasteiger partial charge in [0.2, 0.25) is 5.95 Å². The molecule has 0 spiro atoms. The standard InChI is InChI=1S/C21H27N5O2/c1-28-19-8-6-18(7-9-19)25-10-12-26(13-11-25)20(27)16-14-22-21(23-15-16)24-17-4-2-3-5-17/h6-9,14-15,17H,2-5,10-13H2,1H3,(H,22,23,24). The predicted molar refractivity (Wildman–Crippen MR) is 109 cm³/mol. The van der Waals surface area contributed by atoms with Crippen molar-refractivity contribution in [1.29, 1.82) is 0 Å². The second kappa shape index (κ2) is 8.46. The zero-order valence-electron chi connectivity index (χ0n) is 16.3. The summed E-state index contributed by atoms with van der Waals surface area (Å²) in [5, 5.41) is 3.36. The average molecular weight is 381 g/mol. The Balaban J connectivity index is 1.31. The summed E-state index contributed by atoms with van der Waals surface area (Å²) in [6.07, 6.45) is 8.14. The molecule has 2 heterocycles. The molecular formula is C21H27N5O2. The van der Waals surface area contributed by atoms with Gasteiger partial charge in [0.05, 0.1) is 12.7 Å². The smallest absolute Gasteiger partial charge is 0.257 e. The SMILES string of the molecule is COc1ccc(N2CCN(C(=O)c3cnc(NC4CCCC4)nc3)CC2)cc1. The van der Waals surface area contributed by atoms with Crippen molar-refractivity contribution in [3.8, 4) is 5.75 Å². The molecule has 148 valence electrons. The highest BCUT2D eigenvalue weighted by atomic mass is 16.5. The highest BCUT2D eigenvalue weighted by Gasteiger charge is 2.23. The molecule has 1 saturated carbocycles. The number of methoxy groups -OCH3 is 1. The number of nitrogens with zero attached hydrogens (tertiary/aromatic N) is 4. The minimum Gasteiger partial charge on any atom is -0.497 e. The van der Waals surface area contributed by atoms with E-state index in [1.54, 1.807) is 19.5 Å². The second-order valence-electron chi connectivity index (χ2n) is 7.40. The number of amides is 1. The molecule has 4 rings (SSSR count). The fraction of sp³-hybridized carbons (Fsp3) is 0.476. The lowest BCUT2D eigenvalue weighted by Crippen LogP contribution is -2.48. The molecule has 7 heteroatoms. The molecule has 0 atom stereocenters. The van der Waals surface area contributed by atoms with Gasteiger partial charge in [-0.2, -0.15) is 0 Å². The summed E-state index contributed by atoms with van der Waals surface area (Å²) in [6, 6.07) is 8.50. The Morgan fingerprint density at radius 3 is 2.29 bits per heavy atom. The monoisotopic (exact) mass is 381 g/mol. The predicted octanol–water partition coefficient (Wildman–Crippen LogP) is 2.80. The maximum Gasteiger partial charge on any atom is 0.257 e. The maximum atomic E-state index is 12.8. The molecule has 0 bridgehead atoms. The van der Waals surface area contributed by atoms with Gasteiger partial charge in [0, 0.05) is 50.3 Å². The highest BCUT2D eigenvalue weighted by molar-refractivity contribution is 5.93. The largest absolute Gasteiger partial charge is 0.497 e. The van der Waals surface area contributed by atoms with E-state index in [2.05, 4.69) is 32.3 Å². The van der Waals surface area contributed by atoms with Crippen LogP contribution >= 0.6 is 0 Å². The van der Waals surface area contributed by atoms with Crippen LogP contribution < -0.4 is 15.0 Å². The first-order chi connectivity index (χ1) is 13.7. The fourth-order valence-electron chi connectivity index (χ4n) is 3.91. The van der Waals surface area contributed by atoms with E-state index in [1.165, 1.54) is 25.7 Å². The van der Waals surface area contributed by atoms with Crippen LogP contribution in [0.15, 0.2) is 36.7 Å². The zero-order valence-corrected chi connectivity index (χ0v) is 16.3. The number of anilines is 2. The molecule has 1 saturated heterocycles. The first-order valence-corrected chi connectivity index (χ1v) is 10.00. The van der Waals surface area contributed by atoms with E-state index in [1.807, 2.05) is 17.0 Å². The van der Waals surface area contributed by atoms with Gasteiger partial charge in [0.15, 0.2) is 0 Å². The quantitative estimate of drug-likeness (QED) is 0.859. The van der Waals surface area contributed by atoms with Gasteiger partial charge in [-0.15, -0.1) is 0 Å². The number of aromatic nitrogens is 2. The molecule has 2 aromatic rings. The van der Waals surface area contributed by atoms with Crippen molar-refractivity contribution in [2.45, 2.75) is 31.7 Å². The van der Waals surface area contributed by atoms with Crippen LogP contribution in [0.1, 0.15) is 36.0 Å². The van der Waals surface area contributed by atoms with Gasteiger partial charge in [-0.3, -0.25) is 4.79 Å². The number of ether oxygens (including phenoxy) is 1. The van der Waals surface area contributed by atoms with Crippen LogP contribution in [-0.4, -0.2) is 60.1 Å². The van der Waals surface area contributed by atoms with Gasteiger partial charge >= 0.3 is 0 Å². The summed E-state index contributed by atoms with van der Waals surface area (Å²) in [7, 11) is 1.67. The molecule has 0 radical (unpaired) electrons. The van der Waals surface area contributed by atoms with Crippen molar-refractivity contribution < 1.29 is 9.53 Å². The second-order valence-corrected chi connectivity index (χ2v) is 7.40. The summed E-state index contributed by atoms with van der Waals surface area (Å²) in [4.78, 5) is 25.6. The Labute approximate surface area is 165 Å². The molecular weight excluding hydrogens is 354 g/mol. The summed E-state index contributed by atoms with van der Waals surface area (Å²) < 4.78 is 5.21. The molecule has 2 aliphatic rings. The summed E-state index contributed by atoms with van der Waals surface area (Å²) in [6.45, 7) is 2.99. The molecule has 1 aromatic carbocycles. The highest BCUT2D eigenvalue weighted by Crippen LogP contribution is 2.22. The van der Waals surface area contributed by atoms with E-state index in [4.69, 9.17) is 4.74 Å². The molecule has 1 N–H and O–H groups in total. The topological polar surface area (TPSA) is 70.6 Å².